The molecule has 3 heteroatoms. The Kier molecular flexibility index (Phi) is 4.43. The molecule has 0 saturated carbocycles. The topological polar surface area (TPSA) is 39.2 Å². The molecule has 1 aromatic heterocycles. The van der Waals surface area contributed by atoms with E-state index >= 15 is 0 Å². The summed E-state index contributed by atoms with van der Waals surface area (Å²) in [4.78, 5) is 16.0. The van der Waals surface area contributed by atoms with Crippen LogP contribution < -0.4 is 0 Å². The molecule has 15 heavy (non-hydrogen) atoms. The number of carbonyl (C=O) groups is 1. The summed E-state index contributed by atoms with van der Waals surface area (Å²) in [7, 11) is 1.57. The monoisotopic (exact) mass is 207 g/mol. The molecule has 0 aliphatic heterocycles. The van der Waals surface area contributed by atoms with Crippen LogP contribution in [0.15, 0.2) is 18.5 Å². The van der Waals surface area contributed by atoms with Crippen molar-refractivity contribution in [3.05, 3.63) is 29.6 Å². The number of rotatable bonds is 5. The molecule has 0 spiro atoms. The normalized spacial score (nSPS) is 12.5. The van der Waals surface area contributed by atoms with Crippen LogP contribution in [0.3, 0.4) is 0 Å². The molecular weight excluding hydrogens is 190 g/mol. The van der Waals surface area contributed by atoms with E-state index in [0.29, 0.717) is 5.56 Å². The Morgan fingerprint density at radius 2 is 2.27 bits per heavy atom. The molecule has 0 aliphatic carbocycles. The van der Waals surface area contributed by atoms with Crippen LogP contribution in [0.25, 0.3) is 0 Å². The summed E-state index contributed by atoms with van der Waals surface area (Å²) in [6.07, 6.45) is 4.68. The molecule has 0 fully saturated rings. The first-order valence-corrected chi connectivity index (χ1v) is 5.17. The number of aromatic nitrogens is 1. The number of ether oxygens (including phenoxy) is 1. The predicted molar refractivity (Wildman–Crippen MR) is 59.0 cm³/mol. The first-order valence-electron chi connectivity index (χ1n) is 5.17. The van der Waals surface area contributed by atoms with Gasteiger partial charge in [0.1, 0.15) is 6.10 Å². The molecule has 1 aromatic rings. The number of ketones is 1. The Labute approximate surface area is 90.5 Å². The van der Waals surface area contributed by atoms with Gasteiger partial charge in [0.2, 0.25) is 0 Å². The average molecular weight is 207 g/mol. The van der Waals surface area contributed by atoms with Gasteiger partial charge in [-0.1, -0.05) is 13.3 Å². The zero-order valence-corrected chi connectivity index (χ0v) is 9.49. The maximum Gasteiger partial charge on any atom is 0.193 e. The number of carbonyl (C=O) groups excluding carboxylic acids is 1. The van der Waals surface area contributed by atoms with E-state index in [9.17, 15) is 4.79 Å². The summed E-state index contributed by atoms with van der Waals surface area (Å²) in [6, 6.07) is 1.84. The fraction of sp³-hybridized carbons (Fsp3) is 0.500. The second-order valence-electron chi connectivity index (χ2n) is 3.63. The van der Waals surface area contributed by atoms with E-state index in [1.54, 1.807) is 19.5 Å². The van der Waals surface area contributed by atoms with Crippen LogP contribution >= 0.6 is 0 Å². The molecule has 1 rings (SSSR count). The molecular formula is C12H17NO2. The van der Waals surface area contributed by atoms with Crippen molar-refractivity contribution in [3.8, 4) is 0 Å². The third kappa shape index (κ3) is 3.13. The van der Waals surface area contributed by atoms with E-state index < -0.39 is 0 Å². The Bertz CT molecular complexity index is 336. The van der Waals surface area contributed by atoms with Crippen LogP contribution in [0.4, 0.5) is 0 Å². The molecule has 3 nitrogen and oxygen atoms in total. The number of Topliss-reactive ketones (excluding diaryl/α,β-unsaturated/α-hetero) is 1. The Balaban J connectivity index is 2.82. The van der Waals surface area contributed by atoms with Gasteiger partial charge in [0.15, 0.2) is 5.78 Å². The maximum absolute atomic E-state index is 12.0. The summed E-state index contributed by atoms with van der Waals surface area (Å²) in [5.74, 6) is 0.0237. The lowest BCUT2D eigenvalue weighted by atomic mass is 10.0. The molecule has 0 aromatic carbocycles. The van der Waals surface area contributed by atoms with Gasteiger partial charge in [-0.3, -0.25) is 9.78 Å². The summed E-state index contributed by atoms with van der Waals surface area (Å²) in [6.45, 7) is 3.96. The highest BCUT2D eigenvalue weighted by Crippen LogP contribution is 2.10. The first-order chi connectivity index (χ1) is 7.19. The van der Waals surface area contributed by atoms with E-state index in [1.807, 2.05) is 19.9 Å². The van der Waals surface area contributed by atoms with Crippen LogP contribution in [-0.2, 0) is 4.74 Å². The fourth-order valence-corrected chi connectivity index (χ4v) is 1.49. The predicted octanol–water partition coefficient (Wildman–Crippen LogP) is 2.39. The molecule has 82 valence electrons. The third-order valence-electron chi connectivity index (χ3n) is 2.29. The number of hydrogen-bond donors (Lipinski definition) is 0. The second kappa shape index (κ2) is 5.61. The average Bonchev–Trinajstić information content (AvgIpc) is 2.25. The largest absolute Gasteiger partial charge is 0.373 e. The first kappa shape index (κ1) is 11.9. The molecule has 1 unspecified atom stereocenters. The summed E-state index contributed by atoms with van der Waals surface area (Å²) >= 11 is 0. The highest BCUT2D eigenvalue weighted by atomic mass is 16.5. The van der Waals surface area contributed by atoms with E-state index in [4.69, 9.17) is 4.74 Å². The molecule has 0 saturated heterocycles. The van der Waals surface area contributed by atoms with Crippen molar-refractivity contribution in [1.29, 1.82) is 0 Å². The lowest BCUT2D eigenvalue weighted by Crippen LogP contribution is -2.23. The van der Waals surface area contributed by atoms with Crippen molar-refractivity contribution in [1.82, 2.24) is 4.98 Å². The van der Waals surface area contributed by atoms with Gasteiger partial charge in [-0.05, 0) is 25.0 Å². The quantitative estimate of drug-likeness (QED) is 0.696. The van der Waals surface area contributed by atoms with E-state index in [2.05, 4.69) is 4.98 Å². The van der Waals surface area contributed by atoms with Gasteiger partial charge >= 0.3 is 0 Å². The Morgan fingerprint density at radius 1 is 1.53 bits per heavy atom. The summed E-state index contributed by atoms with van der Waals surface area (Å²) in [5.41, 5.74) is 1.63. The van der Waals surface area contributed by atoms with Crippen molar-refractivity contribution in [2.24, 2.45) is 0 Å². The highest BCUT2D eigenvalue weighted by molar-refractivity contribution is 5.99. The molecule has 0 N–H and O–H groups in total. The lowest BCUT2D eigenvalue weighted by Gasteiger charge is -2.12. The van der Waals surface area contributed by atoms with Gasteiger partial charge in [0.25, 0.3) is 0 Å². The summed E-state index contributed by atoms with van der Waals surface area (Å²) in [5, 5.41) is 0. The van der Waals surface area contributed by atoms with Crippen molar-refractivity contribution >= 4 is 5.78 Å². The van der Waals surface area contributed by atoms with Gasteiger partial charge in [-0.2, -0.15) is 0 Å². The van der Waals surface area contributed by atoms with Gasteiger partial charge < -0.3 is 4.74 Å². The SMILES string of the molecule is CCCC(OC)C(=O)c1cncc(C)c1. The minimum Gasteiger partial charge on any atom is -0.373 e. The van der Waals surface area contributed by atoms with Crippen molar-refractivity contribution in [3.63, 3.8) is 0 Å². The number of aryl methyl sites for hydroxylation is 1. The lowest BCUT2D eigenvalue weighted by molar-refractivity contribution is 0.0578. The van der Waals surface area contributed by atoms with Crippen molar-refractivity contribution < 1.29 is 9.53 Å². The van der Waals surface area contributed by atoms with E-state index in [0.717, 1.165) is 18.4 Å². The van der Waals surface area contributed by atoms with Crippen LogP contribution in [0.5, 0.6) is 0 Å². The van der Waals surface area contributed by atoms with Crippen molar-refractivity contribution in [2.75, 3.05) is 7.11 Å². The Morgan fingerprint density at radius 3 is 2.80 bits per heavy atom. The molecule has 0 amide bonds. The fourth-order valence-electron chi connectivity index (χ4n) is 1.49. The number of hydrogen-bond acceptors (Lipinski definition) is 3. The molecule has 1 atom stereocenters. The smallest absolute Gasteiger partial charge is 0.193 e. The van der Waals surface area contributed by atoms with Gasteiger partial charge in [-0.15, -0.1) is 0 Å². The minimum absolute atomic E-state index is 0.0237. The zero-order chi connectivity index (χ0) is 11.3. The Hall–Kier alpha value is -1.22. The number of pyridine rings is 1. The standard InChI is InChI=1S/C12H17NO2/c1-4-5-11(15-3)12(14)10-6-9(2)7-13-8-10/h6-8,11H,4-5H2,1-3H3. The molecule has 1 heterocycles. The van der Waals surface area contributed by atoms with E-state index in [1.165, 1.54) is 0 Å². The minimum atomic E-state index is -0.335. The molecule has 0 bridgehead atoms. The van der Waals surface area contributed by atoms with Gasteiger partial charge in [0.05, 0.1) is 0 Å². The van der Waals surface area contributed by atoms with Gasteiger partial charge in [-0.25, -0.2) is 0 Å². The summed E-state index contributed by atoms with van der Waals surface area (Å²) < 4.78 is 5.17. The molecule has 0 radical (unpaired) electrons. The third-order valence-corrected chi connectivity index (χ3v) is 2.29. The van der Waals surface area contributed by atoms with Crippen LogP contribution in [0.1, 0.15) is 35.7 Å². The van der Waals surface area contributed by atoms with Crippen LogP contribution in [-0.4, -0.2) is 24.0 Å². The molecule has 0 aliphatic rings. The number of methoxy groups -OCH3 is 1. The number of nitrogens with zero attached hydrogens (tertiary/aromatic N) is 1. The highest BCUT2D eigenvalue weighted by Gasteiger charge is 2.18. The van der Waals surface area contributed by atoms with E-state index in [-0.39, 0.29) is 11.9 Å². The second-order valence-corrected chi connectivity index (χ2v) is 3.63. The van der Waals surface area contributed by atoms with Gasteiger partial charge in [0, 0.05) is 25.1 Å². The zero-order valence-electron chi connectivity index (χ0n) is 9.49. The van der Waals surface area contributed by atoms with Crippen LogP contribution in [0.2, 0.25) is 0 Å². The van der Waals surface area contributed by atoms with Crippen molar-refractivity contribution in [2.45, 2.75) is 32.8 Å². The maximum atomic E-state index is 12.0. The van der Waals surface area contributed by atoms with Crippen LogP contribution in [0, 0.1) is 6.92 Å².